The smallest absolute Gasteiger partial charge is 0.197 e. The van der Waals surface area contributed by atoms with E-state index in [4.69, 9.17) is 9.47 Å². The predicted molar refractivity (Wildman–Crippen MR) is 108 cm³/mol. The molecular formula is C24H32O2. The lowest BCUT2D eigenvalue weighted by molar-refractivity contribution is -0.0703. The molecule has 2 aliphatic carbocycles. The summed E-state index contributed by atoms with van der Waals surface area (Å²) in [5.41, 5.74) is 2.92. The average Bonchev–Trinajstić information content (AvgIpc) is 2.91. The van der Waals surface area contributed by atoms with Crippen molar-refractivity contribution in [1.29, 1.82) is 0 Å². The van der Waals surface area contributed by atoms with E-state index >= 15 is 0 Å². The summed E-state index contributed by atoms with van der Waals surface area (Å²) in [5, 5.41) is 2.64. The highest BCUT2D eigenvalue weighted by molar-refractivity contribution is 5.96. The highest BCUT2D eigenvalue weighted by atomic mass is 16.7. The highest BCUT2D eigenvalue weighted by Crippen LogP contribution is 2.48. The fourth-order valence-corrected chi connectivity index (χ4v) is 4.93. The molecule has 0 aliphatic heterocycles. The molecule has 0 spiro atoms. The minimum absolute atomic E-state index is 0.202. The van der Waals surface area contributed by atoms with Crippen molar-refractivity contribution in [1.82, 2.24) is 0 Å². The Balaban J connectivity index is 1.43. The third kappa shape index (κ3) is 3.36. The SMILES string of the molecule is CC(OCCC1CCCCC1)Oc1ccc2c3c(cccc13)C(C)C2C. The van der Waals surface area contributed by atoms with Crippen molar-refractivity contribution in [2.24, 2.45) is 5.92 Å². The molecule has 2 nitrogen and oxygen atoms in total. The van der Waals surface area contributed by atoms with E-state index in [9.17, 15) is 0 Å². The lowest BCUT2D eigenvalue weighted by Crippen LogP contribution is -2.19. The van der Waals surface area contributed by atoms with Crippen LogP contribution in [0.5, 0.6) is 5.75 Å². The molecule has 1 fully saturated rings. The zero-order valence-corrected chi connectivity index (χ0v) is 16.5. The quantitative estimate of drug-likeness (QED) is 0.534. The van der Waals surface area contributed by atoms with Gasteiger partial charge in [-0.1, -0.05) is 70.2 Å². The van der Waals surface area contributed by atoms with Gasteiger partial charge in [-0.05, 0) is 53.7 Å². The minimum atomic E-state index is -0.202. The molecule has 140 valence electrons. The van der Waals surface area contributed by atoms with Gasteiger partial charge in [0.1, 0.15) is 5.75 Å². The zero-order valence-electron chi connectivity index (χ0n) is 16.5. The van der Waals surface area contributed by atoms with Crippen LogP contribution in [0.15, 0.2) is 30.3 Å². The normalized spacial score (nSPS) is 24.1. The van der Waals surface area contributed by atoms with E-state index in [0.29, 0.717) is 11.8 Å². The van der Waals surface area contributed by atoms with Gasteiger partial charge in [0.05, 0.1) is 6.61 Å². The Morgan fingerprint density at radius 2 is 1.69 bits per heavy atom. The maximum Gasteiger partial charge on any atom is 0.197 e. The summed E-state index contributed by atoms with van der Waals surface area (Å²) in [4.78, 5) is 0. The third-order valence-electron chi connectivity index (χ3n) is 6.69. The fourth-order valence-electron chi connectivity index (χ4n) is 4.93. The van der Waals surface area contributed by atoms with Crippen molar-refractivity contribution >= 4 is 10.8 Å². The Hall–Kier alpha value is -1.54. The second-order valence-electron chi connectivity index (χ2n) is 8.35. The van der Waals surface area contributed by atoms with Crippen molar-refractivity contribution in [3.63, 3.8) is 0 Å². The maximum absolute atomic E-state index is 6.20. The molecule has 3 unspecified atom stereocenters. The minimum Gasteiger partial charge on any atom is -0.465 e. The summed E-state index contributed by atoms with van der Waals surface area (Å²) in [6.45, 7) is 7.49. The van der Waals surface area contributed by atoms with Crippen LogP contribution in [0.1, 0.15) is 82.3 Å². The second kappa shape index (κ2) is 7.60. The molecule has 2 aromatic carbocycles. The number of hydrogen-bond donors (Lipinski definition) is 0. The van der Waals surface area contributed by atoms with Gasteiger partial charge in [-0.15, -0.1) is 0 Å². The van der Waals surface area contributed by atoms with Gasteiger partial charge in [-0.2, -0.15) is 0 Å². The van der Waals surface area contributed by atoms with Gasteiger partial charge in [-0.3, -0.25) is 0 Å². The number of hydrogen-bond acceptors (Lipinski definition) is 2. The van der Waals surface area contributed by atoms with E-state index in [1.54, 1.807) is 0 Å². The molecule has 0 radical (unpaired) electrons. The monoisotopic (exact) mass is 352 g/mol. The van der Waals surface area contributed by atoms with E-state index < -0.39 is 0 Å². The van der Waals surface area contributed by atoms with Crippen LogP contribution in [0.3, 0.4) is 0 Å². The van der Waals surface area contributed by atoms with Crippen LogP contribution < -0.4 is 4.74 Å². The summed E-state index contributed by atoms with van der Waals surface area (Å²) in [6, 6.07) is 11.0. The Morgan fingerprint density at radius 1 is 0.962 bits per heavy atom. The van der Waals surface area contributed by atoms with Crippen LogP contribution in [-0.2, 0) is 4.74 Å². The molecule has 2 aliphatic rings. The van der Waals surface area contributed by atoms with Gasteiger partial charge in [0.2, 0.25) is 0 Å². The summed E-state index contributed by atoms with van der Waals surface area (Å²) in [5.74, 6) is 2.97. The molecule has 0 saturated heterocycles. The first kappa shape index (κ1) is 17.9. The fraction of sp³-hybridized carbons (Fsp3) is 0.583. The third-order valence-corrected chi connectivity index (χ3v) is 6.69. The zero-order chi connectivity index (χ0) is 18.1. The first-order valence-electron chi connectivity index (χ1n) is 10.5. The van der Waals surface area contributed by atoms with Crippen LogP contribution >= 0.6 is 0 Å². The van der Waals surface area contributed by atoms with Gasteiger partial charge in [0.15, 0.2) is 6.29 Å². The molecule has 26 heavy (non-hydrogen) atoms. The van der Waals surface area contributed by atoms with Gasteiger partial charge < -0.3 is 9.47 Å². The summed E-state index contributed by atoms with van der Waals surface area (Å²) in [6.07, 6.45) is 7.94. The summed E-state index contributed by atoms with van der Waals surface area (Å²) in [7, 11) is 0. The van der Waals surface area contributed by atoms with E-state index in [-0.39, 0.29) is 6.29 Å². The van der Waals surface area contributed by atoms with Crippen molar-refractivity contribution in [2.75, 3.05) is 6.61 Å². The Bertz CT molecular complexity index is 746. The molecule has 0 amide bonds. The lowest BCUT2D eigenvalue weighted by atomic mass is 9.87. The van der Waals surface area contributed by atoms with Gasteiger partial charge in [0, 0.05) is 5.39 Å². The average molecular weight is 353 g/mol. The number of ether oxygens (including phenoxy) is 2. The standard InChI is InChI=1S/C24H32O2/c1-16-17(2)21-12-13-23(22-11-7-10-20(16)24(21)22)26-18(3)25-15-14-19-8-5-4-6-9-19/h7,10-13,16-19H,4-6,8-9,14-15H2,1-3H3. The number of rotatable bonds is 6. The summed E-state index contributed by atoms with van der Waals surface area (Å²) < 4.78 is 12.2. The Labute approximate surface area is 157 Å². The maximum atomic E-state index is 6.20. The van der Waals surface area contributed by atoms with Crippen molar-refractivity contribution in [3.05, 3.63) is 41.5 Å². The lowest BCUT2D eigenvalue weighted by Gasteiger charge is -2.23. The van der Waals surface area contributed by atoms with Crippen LogP contribution in [0.2, 0.25) is 0 Å². The van der Waals surface area contributed by atoms with E-state index in [2.05, 4.69) is 44.2 Å². The van der Waals surface area contributed by atoms with E-state index in [1.165, 1.54) is 60.4 Å². The molecule has 1 saturated carbocycles. The van der Waals surface area contributed by atoms with Crippen molar-refractivity contribution < 1.29 is 9.47 Å². The molecule has 0 N–H and O–H groups in total. The molecule has 0 bridgehead atoms. The molecule has 0 aromatic heterocycles. The molecule has 0 heterocycles. The van der Waals surface area contributed by atoms with Crippen molar-refractivity contribution in [3.8, 4) is 5.75 Å². The van der Waals surface area contributed by atoms with Crippen LogP contribution in [0.25, 0.3) is 10.8 Å². The van der Waals surface area contributed by atoms with Gasteiger partial charge >= 0.3 is 0 Å². The van der Waals surface area contributed by atoms with Crippen LogP contribution in [0, 0.1) is 5.92 Å². The number of benzene rings is 2. The van der Waals surface area contributed by atoms with Crippen LogP contribution in [0.4, 0.5) is 0 Å². The summed E-state index contributed by atoms with van der Waals surface area (Å²) >= 11 is 0. The first-order valence-corrected chi connectivity index (χ1v) is 10.5. The van der Waals surface area contributed by atoms with Gasteiger partial charge in [-0.25, -0.2) is 0 Å². The molecule has 4 rings (SSSR count). The first-order chi connectivity index (χ1) is 12.6. The molecular weight excluding hydrogens is 320 g/mol. The second-order valence-corrected chi connectivity index (χ2v) is 8.35. The van der Waals surface area contributed by atoms with E-state index in [0.717, 1.165) is 18.3 Å². The van der Waals surface area contributed by atoms with Crippen LogP contribution in [-0.4, -0.2) is 12.9 Å². The van der Waals surface area contributed by atoms with Crippen molar-refractivity contribution in [2.45, 2.75) is 77.4 Å². The Kier molecular flexibility index (Phi) is 5.22. The van der Waals surface area contributed by atoms with E-state index in [1.807, 2.05) is 6.92 Å². The topological polar surface area (TPSA) is 18.5 Å². The Morgan fingerprint density at radius 3 is 2.46 bits per heavy atom. The predicted octanol–water partition coefficient (Wildman–Crippen LogP) is 6.77. The molecule has 2 aromatic rings. The molecule has 3 atom stereocenters. The van der Waals surface area contributed by atoms with Gasteiger partial charge in [0.25, 0.3) is 0 Å². The molecule has 2 heteroatoms. The largest absolute Gasteiger partial charge is 0.465 e. The highest BCUT2D eigenvalue weighted by Gasteiger charge is 2.29.